The van der Waals surface area contributed by atoms with Gasteiger partial charge in [-0.05, 0) is 30.5 Å². The summed E-state index contributed by atoms with van der Waals surface area (Å²) in [6.45, 7) is 0. The molecule has 1 aromatic rings. The topological polar surface area (TPSA) is 63.6 Å². The summed E-state index contributed by atoms with van der Waals surface area (Å²) in [5, 5.41) is 0. The molecule has 0 saturated heterocycles. The fourth-order valence-electron chi connectivity index (χ4n) is 1.85. The summed E-state index contributed by atoms with van der Waals surface area (Å²) in [6, 6.07) is 1.82. The fourth-order valence-corrected chi connectivity index (χ4v) is 2.68. The fraction of sp³-hybridized carbons (Fsp3) is 0.364. The van der Waals surface area contributed by atoms with Gasteiger partial charge in [0, 0.05) is 6.26 Å². The minimum absolute atomic E-state index is 0.160. The number of sulfone groups is 1. The summed E-state index contributed by atoms with van der Waals surface area (Å²) >= 11 is 0. The zero-order chi connectivity index (χ0) is 13.6. The quantitative estimate of drug-likeness (QED) is 0.622. The number of isocyanates is 1. The van der Waals surface area contributed by atoms with Crippen LogP contribution >= 0.6 is 0 Å². The Labute approximate surface area is 102 Å². The molecule has 1 aliphatic rings. The van der Waals surface area contributed by atoms with Crippen LogP contribution in [0.2, 0.25) is 0 Å². The normalized spacial score (nSPS) is 17.1. The van der Waals surface area contributed by atoms with E-state index in [1.807, 2.05) is 0 Å². The smallest absolute Gasteiger partial charge is 0.224 e. The highest BCUT2D eigenvalue weighted by Gasteiger charge is 2.45. The zero-order valence-corrected chi connectivity index (χ0v) is 10.2. The van der Waals surface area contributed by atoms with E-state index in [9.17, 15) is 22.0 Å². The van der Waals surface area contributed by atoms with E-state index >= 15 is 0 Å². The van der Waals surface area contributed by atoms with Crippen molar-refractivity contribution in [2.45, 2.75) is 23.3 Å². The first-order valence-electron chi connectivity index (χ1n) is 5.09. The van der Waals surface area contributed by atoms with Crippen LogP contribution in [0.1, 0.15) is 18.4 Å². The molecule has 18 heavy (non-hydrogen) atoms. The maximum Gasteiger partial charge on any atom is 0.235 e. The Morgan fingerprint density at radius 2 is 1.78 bits per heavy atom. The van der Waals surface area contributed by atoms with Gasteiger partial charge in [-0.3, -0.25) is 0 Å². The maximum absolute atomic E-state index is 13.6. The highest BCUT2D eigenvalue weighted by Crippen LogP contribution is 2.49. The van der Waals surface area contributed by atoms with Gasteiger partial charge in [-0.15, -0.1) is 0 Å². The summed E-state index contributed by atoms with van der Waals surface area (Å²) in [5.74, 6) is -2.33. The molecule has 0 bridgehead atoms. The monoisotopic (exact) mass is 273 g/mol. The van der Waals surface area contributed by atoms with Crippen LogP contribution in [-0.4, -0.2) is 20.8 Å². The second-order valence-corrected chi connectivity index (χ2v) is 6.23. The minimum Gasteiger partial charge on any atom is -0.224 e. The van der Waals surface area contributed by atoms with Crippen LogP contribution in [0.15, 0.2) is 22.0 Å². The number of hydrogen-bond donors (Lipinski definition) is 0. The molecule has 0 atom stereocenters. The van der Waals surface area contributed by atoms with Crippen molar-refractivity contribution in [2.75, 3.05) is 6.26 Å². The predicted molar refractivity (Wildman–Crippen MR) is 58.5 cm³/mol. The molecule has 0 heterocycles. The van der Waals surface area contributed by atoms with E-state index in [0.717, 1.165) is 18.4 Å². The van der Waals surface area contributed by atoms with E-state index in [-0.39, 0.29) is 5.56 Å². The number of aliphatic imine (C=N–C) groups is 1. The molecule has 7 heteroatoms. The minimum atomic E-state index is -3.98. The molecule has 0 spiro atoms. The third-order valence-corrected chi connectivity index (χ3v) is 4.02. The Bertz CT molecular complexity index is 636. The Morgan fingerprint density at radius 1 is 1.28 bits per heavy atom. The molecule has 2 rings (SSSR count). The lowest BCUT2D eigenvalue weighted by atomic mass is 10.1. The summed E-state index contributed by atoms with van der Waals surface area (Å²) < 4.78 is 49.7. The number of nitrogens with zero attached hydrogens (tertiary/aromatic N) is 1. The Balaban J connectivity index is 2.61. The molecule has 0 aliphatic heterocycles. The second kappa shape index (κ2) is 3.96. The van der Waals surface area contributed by atoms with Gasteiger partial charge in [-0.1, -0.05) is 0 Å². The standard InChI is InChI=1S/C11H9F2NO3S/c1-18(16,17)10-8(12)4-7(5-9(10)13)11(2-3-11)14-6-15/h4-5H,2-3H2,1H3. The van der Waals surface area contributed by atoms with Crippen molar-refractivity contribution in [3.05, 3.63) is 29.3 Å². The molecule has 1 aliphatic carbocycles. The SMILES string of the molecule is CS(=O)(=O)c1c(F)cc(C2(N=C=O)CC2)cc1F. The molecule has 0 aromatic heterocycles. The molecule has 0 N–H and O–H groups in total. The van der Waals surface area contributed by atoms with Gasteiger partial charge >= 0.3 is 0 Å². The lowest BCUT2D eigenvalue weighted by Crippen LogP contribution is -2.09. The average molecular weight is 273 g/mol. The van der Waals surface area contributed by atoms with Crippen LogP contribution in [0.5, 0.6) is 0 Å². The summed E-state index contributed by atoms with van der Waals surface area (Å²) in [5.41, 5.74) is -0.771. The van der Waals surface area contributed by atoms with Gasteiger partial charge in [0.1, 0.15) is 16.5 Å². The number of halogens is 2. The summed E-state index contributed by atoms with van der Waals surface area (Å²) in [7, 11) is -3.98. The van der Waals surface area contributed by atoms with Crippen LogP contribution in [-0.2, 0) is 20.2 Å². The molecule has 96 valence electrons. The Hall–Kier alpha value is -1.59. The van der Waals surface area contributed by atoms with Crippen LogP contribution in [0.3, 0.4) is 0 Å². The van der Waals surface area contributed by atoms with Gasteiger partial charge < -0.3 is 0 Å². The molecule has 1 aromatic carbocycles. The van der Waals surface area contributed by atoms with E-state index in [0.29, 0.717) is 12.8 Å². The molecular formula is C11H9F2NO3S. The van der Waals surface area contributed by atoms with Crippen LogP contribution in [0.4, 0.5) is 8.78 Å². The van der Waals surface area contributed by atoms with E-state index in [1.165, 1.54) is 6.08 Å². The van der Waals surface area contributed by atoms with Crippen molar-refractivity contribution in [3.8, 4) is 0 Å². The van der Waals surface area contributed by atoms with Gasteiger partial charge in [0.25, 0.3) is 0 Å². The highest BCUT2D eigenvalue weighted by atomic mass is 32.2. The van der Waals surface area contributed by atoms with Crippen molar-refractivity contribution in [1.82, 2.24) is 0 Å². The van der Waals surface area contributed by atoms with E-state index in [2.05, 4.69) is 4.99 Å². The number of hydrogen-bond acceptors (Lipinski definition) is 4. The Kier molecular flexibility index (Phi) is 2.83. The van der Waals surface area contributed by atoms with Gasteiger partial charge in [-0.2, -0.15) is 4.99 Å². The van der Waals surface area contributed by atoms with E-state index < -0.39 is 31.9 Å². The van der Waals surface area contributed by atoms with Gasteiger partial charge in [0.05, 0.1) is 5.54 Å². The molecule has 0 radical (unpaired) electrons. The predicted octanol–water partition coefficient (Wildman–Crippen LogP) is 1.69. The van der Waals surface area contributed by atoms with E-state index in [1.54, 1.807) is 0 Å². The van der Waals surface area contributed by atoms with E-state index in [4.69, 9.17) is 0 Å². The first kappa shape index (κ1) is 12.9. The maximum atomic E-state index is 13.6. The van der Waals surface area contributed by atoms with Crippen molar-refractivity contribution in [2.24, 2.45) is 4.99 Å². The third-order valence-electron chi connectivity index (χ3n) is 2.89. The van der Waals surface area contributed by atoms with Crippen molar-refractivity contribution in [3.63, 3.8) is 0 Å². The lowest BCUT2D eigenvalue weighted by Gasteiger charge is -2.10. The van der Waals surface area contributed by atoms with Gasteiger partial charge in [-0.25, -0.2) is 22.0 Å². The lowest BCUT2D eigenvalue weighted by molar-refractivity contribution is 0.513. The molecule has 0 amide bonds. The second-order valence-electron chi connectivity index (χ2n) is 4.28. The van der Waals surface area contributed by atoms with Crippen LogP contribution in [0, 0.1) is 11.6 Å². The molecular weight excluding hydrogens is 264 g/mol. The van der Waals surface area contributed by atoms with Crippen molar-refractivity contribution >= 4 is 15.9 Å². The van der Waals surface area contributed by atoms with Crippen LogP contribution in [0.25, 0.3) is 0 Å². The van der Waals surface area contributed by atoms with Crippen molar-refractivity contribution in [1.29, 1.82) is 0 Å². The number of benzene rings is 1. The van der Waals surface area contributed by atoms with Gasteiger partial charge in [0.2, 0.25) is 6.08 Å². The Morgan fingerprint density at radius 3 is 2.11 bits per heavy atom. The first-order chi connectivity index (χ1) is 8.30. The first-order valence-corrected chi connectivity index (χ1v) is 6.98. The molecule has 1 saturated carbocycles. The van der Waals surface area contributed by atoms with Crippen molar-refractivity contribution < 1.29 is 22.0 Å². The summed E-state index contributed by atoms with van der Waals surface area (Å²) in [4.78, 5) is 12.8. The molecule has 0 unspecified atom stereocenters. The number of rotatable bonds is 3. The largest absolute Gasteiger partial charge is 0.235 e. The zero-order valence-electron chi connectivity index (χ0n) is 9.41. The molecule has 1 fully saturated rings. The van der Waals surface area contributed by atoms with Gasteiger partial charge in [0.15, 0.2) is 9.84 Å². The summed E-state index contributed by atoms with van der Waals surface area (Å²) in [6.07, 6.45) is 3.06. The number of carbonyl (C=O) groups excluding carboxylic acids is 1. The average Bonchev–Trinajstić information content (AvgIpc) is 2.96. The third kappa shape index (κ3) is 2.07. The highest BCUT2D eigenvalue weighted by molar-refractivity contribution is 7.90. The molecule has 4 nitrogen and oxygen atoms in total. The van der Waals surface area contributed by atoms with Crippen LogP contribution < -0.4 is 0 Å².